The van der Waals surface area contributed by atoms with Crippen LogP contribution in [0.15, 0.2) is 16.7 Å². The number of ether oxygens (including phenoxy) is 1. The lowest BCUT2D eigenvalue weighted by Gasteiger charge is -2.04. The topological polar surface area (TPSA) is 34.4 Å². The van der Waals surface area contributed by atoms with Gasteiger partial charge in [0.2, 0.25) is 0 Å². The van der Waals surface area contributed by atoms with Crippen LogP contribution in [0.5, 0.6) is 0 Å². The summed E-state index contributed by atoms with van der Waals surface area (Å²) in [7, 11) is 0. The van der Waals surface area contributed by atoms with Crippen molar-refractivity contribution >= 4 is 0 Å². The minimum atomic E-state index is 0.587. The summed E-state index contributed by atoms with van der Waals surface area (Å²) in [5, 5.41) is 3.35. The highest BCUT2D eigenvalue weighted by atomic mass is 16.5. The van der Waals surface area contributed by atoms with Gasteiger partial charge in [0.15, 0.2) is 0 Å². The highest BCUT2D eigenvalue weighted by Gasteiger charge is 2.05. The van der Waals surface area contributed by atoms with Gasteiger partial charge in [0.1, 0.15) is 12.4 Å². The first-order valence-electron chi connectivity index (χ1n) is 5.72. The van der Waals surface area contributed by atoms with E-state index in [4.69, 9.17) is 9.15 Å². The molecule has 0 unspecified atom stereocenters. The molecule has 3 heteroatoms. The predicted molar refractivity (Wildman–Crippen MR) is 60.7 cm³/mol. The maximum Gasteiger partial charge on any atom is 0.133 e. The standard InChI is InChI=1S/C12H21NO2/c1-3-6-13-9-11-5-8-15-12(11)10-14-7-4-2/h5,8,13H,3-4,6-7,9-10H2,1-2H3. The van der Waals surface area contributed by atoms with E-state index in [9.17, 15) is 0 Å². The Bertz CT molecular complexity index is 233. The van der Waals surface area contributed by atoms with Crippen molar-refractivity contribution in [2.24, 2.45) is 0 Å². The molecule has 0 aliphatic rings. The van der Waals surface area contributed by atoms with Crippen LogP contribution < -0.4 is 5.32 Å². The summed E-state index contributed by atoms with van der Waals surface area (Å²) in [4.78, 5) is 0. The van der Waals surface area contributed by atoms with Gasteiger partial charge in [-0.15, -0.1) is 0 Å². The molecule has 3 nitrogen and oxygen atoms in total. The van der Waals surface area contributed by atoms with Gasteiger partial charge in [-0.1, -0.05) is 13.8 Å². The molecule has 0 aliphatic heterocycles. The zero-order valence-corrected chi connectivity index (χ0v) is 9.71. The Labute approximate surface area is 91.8 Å². The smallest absolute Gasteiger partial charge is 0.133 e. The monoisotopic (exact) mass is 211 g/mol. The van der Waals surface area contributed by atoms with Crippen LogP contribution in [0.1, 0.15) is 38.0 Å². The summed E-state index contributed by atoms with van der Waals surface area (Å²) in [6.07, 6.45) is 3.93. The maximum atomic E-state index is 5.45. The third-order valence-electron chi connectivity index (χ3n) is 2.16. The van der Waals surface area contributed by atoms with E-state index in [1.165, 1.54) is 5.56 Å². The fourth-order valence-corrected chi connectivity index (χ4v) is 1.36. The average molecular weight is 211 g/mol. The van der Waals surface area contributed by atoms with Crippen LogP contribution in [0, 0.1) is 0 Å². The van der Waals surface area contributed by atoms with Crippen LogP contribution in [0.3, 0.4) is 0 Å². The normalized spacial score (nSPS) is 10.8. The average Bonchev–Trinajstić information content (AvgIpc) is 2.67. The largest absolute Gasteiger partial charge is 0.467 e. The Kier molecular flexibility index (Phi) is 6.12. The van der Waals surface area contributed by atoms with Gasteiger partial charge in [-0.05, 0) is 25.5 Å². The van der Waals surface area contributed by atoms with E-state index in [1.807, 2.05) is 6.07 Å². The lowest BCUT2D eigenvalue weighted by atomic mass is 10.2. The molecular weight excluding hydrogens is 190 g/mol. The molecule has 0 aromatic carbocycles. The SMILES string of the molecule is CCCNCc1ccoc1COCCC. The minimum absolute atomic E-state index is 0.587. The molecular formula is C12H21NO2. The molecule has 0 atom stereocenters. The Morgan fingerprint density at radius 3 is 2.93 bits per heavy atom. The molecule has 15 heavy (non-hydrogen) atoms. The third kappa shape index (κ3) is 4.49. The molecule has 1 aromatic heterocycles. The van der Waals surface area contributed by atoms with Gasteiger partial charge < -0.3 is 14.5 Å². The summed E-state index contributed by atoms with van der Waals surface area (Å²) in [5.74, 6) is 0.951. The summed E-state index contributed by atoms with van der Waals surface area (Å²) in [5.41, 5.74) is 1.21. The van der Waals surface area contributed by atoms with Crippen LogP contribution in [0.25, 0.3) is 0 Å². The van der Waals surface area contributed by atoms with E-state index in [0.717, 1.165) is 38.3 Å². The number of hydrogen-bond donors (Lipinski definition) is 1. The fraction of sp³-hybridized carbons (Fsp3) is 0.667. The molecule has 0 aliphatic carbocycles. The zero-order chi connectivity index (χ0) is 10.9. The van der Waals surface area contributed by atoms with E-state index >= 15 is 0 Å². The van der Waals surface area contributed by atoms with E-state index in [0.29, 0.717) is 6.61 Å². The van der Waals surface area contributed by atoms with Crippen LogP contribution in [-0.2, 0) is 17.9 Å². The van der Waals surface area contributed by atoms with Crippen LogP contribution in [0.2, 0.25) is 0 Å². The van der Waals surface area contributed by atoms with Crippen molar-refractivity contribution in [1.29, 1.82) is 0 Å². The number of furan rings is 1. The Hall–Kier alpha value is -0.800. The lowest BCUT2D eigenvalue weighted by molar-refractivity contribution is 0.106. The van der Waals surface area contributed by atoms with Crippen molar-refractivity contribution in [3.8, 4) is 0 Å². The molecule has 0 saturated carbocycles. The van der Waals surface area contributed by atoms with Gasteiger partial charge in [-0.2, -0.15) is 0 Å². The number of rotatable bonds is 8. The van der Waals surface area contributed by atoms with E-state index in [2.05, 4.69) is 19.2 Å². The fourth-order valence-electron chi connectivity index (χ4n) is 1.36. The van der Waals surface area contributed by atoms with Crippen LogP contribution in [0.4, 0.5) is 0 Å². The van der Waals surface area contributed by atoms with Crippen LogP contribution in [-0.4, -0.2) is 13.2 Å². The molecule has 0 fully saturated rings. The molecule has 0 spiro atoms. The van der Waals surface area contributed by atoms with Crippen molar-refractivity contribution in [3.05, 3.63) is 23.7 Å². The molecule has 0 saturated heterocycles. The summed E-state index contributed by atoms with van der Waals surface area (Å²) in [6.45, 7) is 7.56. The maximum absolute atomic E-state index is 5.45. The Morgan fingerprint density at radius 1 is 1.33 bits per heavy atom. The first-order valence-corrected chi connectivity index (χ1v) is 5.72. The van der Waals surface area contributed by atoms with Crippen molar-refractivity contribution in [3.63, 3.8) is 0 Å². The van der Waals surface area contributed by atoms with E-state index in [1.54, 1.807) is 6.26 Å². The number of hydrogen-bond acceptors (Lipinski definition) is 3. The summed E-state index contributed by atoms with van der Waals surface area (Å²) < 4.78 is 10.8. The van der Waals surface area contributed by atoms with Gasteiger partial charge in [-0.3, -0.25) is 0 Å². The van der Waals surface area contributed by atoms with Crippen LogP contribution >= 0.6 is 0 Å². The summed E-state index contributed by atoms with van der Waals surface area (Å²) in [6, 6.07) is 2.01. The van der Waals surface area contributed by atoms with Crippen molar-refractivity contribution in [1.82, 2.24) is 5.32 Å². The predicted octanol–water partition coefficient (Wildman–Crippen LogP) is 2.71. The minimum Gasteiger partial charge on any atom is -0.467 e. The second-order valence-corrected chi connectivity index (χ2v) is 3.60. The van der Waals surface area contributed by atoms with Gasteiger partial charge in [-0.25, -0.2) is 0 Å². The highest BCUT2D eigenvalue weighted by molar-refractivity contribution is 5.15. The molecule has 1 rings (SSSR count). The van der Waals surface area contributed by atoms with Crippen molar-refractivity contribution in [2.75, 3.05) is 13.2 Å². The second kappa shape index (κ2) is 7.49. The van der Waals surface area contributed by atoms with Gasteiger partial charge in [0, 0.05) is 18.7 Å². The quantitative estimate of drug-likeness (QED) is 0.671. The summed E-state index contributed by atoms with van der Waals surface area (Å²) >= 11 is 0. The molecule has 1 heterocycles. The molecule has 1 N–H and O–H groups in total. The lowest BCUT2D eigenvalue weighted by Crippen LogP contribution is -2.14. The van der Waals surface area contributed by atoms with Crippen molar-refractivity contribution in [2.45, 2.75) is 39.8 Å². The third-order valence-corrected chi connectivity index (χ3v) is 2.16. The number of nitrogens with one attached hydrogen (secondary N) is 1. The first kappa shape index (κ1) is 12.3. The van der Waals surface area contributed by atoms with Gasteiger partial charge >= 0.3 is 0 Å². The second-order valence-electron chi connectivity index (χ2n) is 3.60. The molecule has 0 radical (unpaired) electrons. The molecule has 0 bridgehead atoms. The molecule has 86 valence electrons. The Balaban J connectivity index is 2.32. The van der Waals surface area contributed by atoms with Crippen molar-refractivity contribution < 1.29 is 9.15 Å². The molecule has 1 aromatic rings. The van der Waals surface area contributed by atoms with E-state index in [-0.39, 0.29) is 0 Å². The Morgan fingerprint density at radius 2 is 2.20 bits per heavy atom. The highest BCUT2D eigenvalue weighted by Crippen LogP contribution is 2.11. The zero-order valence-electron chi connectivity index (χ0n) is 9.71. The van der Waals surface area contributed by atoms with E-state index < -0.39 is 0 Å². The van der Waals surface area contributed by atoms with Gasteiger partial charge in [0.05, 0.1) is 6.26 Å². The molecule has 0 amide bonds. The van der Waals surface area contributed by atoms with Gasteiger partial charge in [0.25, 0.3) is 0 Å². The first-order chi connectivity index (χ1) is 7.38.